The molecular formula is C26H24N4O5. The monoisotopic (exact) mass is 472 g/mol. The van der Waals surface area contributed by atoms with Gasteiger partial charge in [-0.25, -0.2) is 0 Å². The van der Waals surface area contributed by atoms with Crippen molar-refractivity contribution >= 4 is 11.8 Å². The zero-order valence-electron chi connectivity index (χ0n) is 19.1. The van der Waals surface area contributed by atoms with Crippen molar-refractivity contribution in [3.8, 4) is 11.3 Å². The van der Waals surface area contributed by atoms with Crippen molar-refractivity contribution in [2.75, 3.05) is 6.54 Å². The molecule has 0 bridgehead atoms. The van der Waals surface area contributed by atoms with E-state index in [1.807, 2.05) is 43.3 Å². The fourth-order valence-corrected chi connectivity index (χ4v) is 3.46. The molecule has 0 aliphatic carbocycles. The highest BCUT2D eigenvalue weighted by molar-refractivity contribution is 5.99. The molecule has 3 aromatic heterocycles. The second-order valence-electron chi connectivity index (χ2n) is 7.83. The van der Waals surface area contributed by atoms with Crippen molar-refractivity contribution in [3.05, 3.63) is 112 Å². The molecular weight excluding hydrogens is 448 g/mol. The van der Waals surface area contributed by atoms with E-state index in [-0.39, 0.29) is 30.8 Å². The number of hydrogen-bond acceptors (Lipinski definition) is 6. The summed E-state index contributed by atoms with van der Waals surface area (Å²) in [5.41, 5.74) is 0.332. The molecule has 4 rings (SSSR count). The lowest BCUT2D eigenvalue weighted by Gasteiger charge is -2.11. The first-order chi connectivity index (χ1) is 16.9. The fourth-order valence-electron chi connectivity index (χ4n) is 3.46. The van der Waals surface area contributed by atoms with Crippen LogP contribution in [0, 0.1) is 6.92 Å². The molecule has 0 saturated carbocycles. The van der Waals surface area contributed by atoms with Gasteiger partial charge in [0, 0.05) is 30.6 Å². The standard InChI is InChI=1S/C26H24N4O5/c1-3-11-27-25(32)21-15-30(14-20-10-9-17(2)34-20)16-22(24(21)31)26(33)28-13-19-12-23(35-29-19)18-7-5-4-6-8-18/h3-10,12,15-16H,1,11,13-14H2,2H3,(H,27,32)(H,28,33). The van der Waals surface area contributed by atoms with Crippen LogP contribution in [-0.4, -0.2) is 28.1 Å². The van der Waals surface area contributed by atoms with Crippen LogP contribution in [-0.2, 0) is 13.1 Å². The van der Waals surface area contributed by atoms with Gasteiger partial charge in [-0.2, -0.15) is 0 Å². The van der Waals surface area contributed by atoms with Crippen LogP contribution in [0.4, 0.5) is 0 Å². The minimum absolute atomic E-state index is 0.0405. The van der Waals surface area contributed by atoms with E-state index in [1.54, 1.807) is 16.7 Å². The van der Waals surface area contributed by atoms with Gasteiger partial charge < -0.3 is 24.1 Å². The predicted molar refractivity (Wildman–Crippen MR) is 129 cm³/mol. The third-order valence-electron chi connectivity index (χ3n) is 5.16. The lowest BCUT2D eigenvalue weighted by Crippen LogP contribution is -2.35. The van der Waals surface area contributed by atoms with Crippen LogP contribution in [0.2, 0.25) is 0 Å². The van der Waals surface area contributed by atoms with Gasteiger partial charge in [0.25, 0.3) is 11.8 Å². The summed E-state index contributed by atoms with van der Waals surface area (Å²) < 4.78 is 12.5. The maximum atomic E-state index is 13.0. The minimum atomic E-state index is -0.680. The van der Waals surface area contributed by atoms with Crippen LogP contribution < -0.4 is 16.1 Å². The Bertz CT molecular complexity index is 1420. The average molecular weight is 473 g/mol. The lowest BCUT2D eigenvalue weighted by molar-refractivity contribution is 0.0948. The largest absolute Gasteiger partial charge is 0.464 e. The number of carbonyl (C=O) groups is 2. The number of aromatic nitrogens is 2. The Kier molecular flexibility index (Phi) is 7.06. The molecule has 9 nitrogen and oxygen atoms in total. The molecule has 35 heavy (non-hydrogen) atoms. The Balaban J connectivity index is 1.56. The molecule has 4 aromatic rings. The minimum Gasteiger partial charge on any atom is -0.464 e. The van der Waals surface area contributed by atoms with Crippen molar-refractivity contribution in [1.82, 2.24) is 20.4 Å². The molecule has 2 N–H and O–H groups in total. The Labute approximate surface area is 201 Å². The highest BCUT2D eigenvalue weighted by atomic mass is 16.5. The SMILES string of the molecule is C=CCNC(=O)c1cn(Cc2ccc(C)o2)cc(C(=O)NCc2cc(-c3ccccc3)on2)c1=O. The van der Waals surface area contributed by atoms with Gasteiger partial charge in [-0.1, -0.05) is 41.6 Å². The summed E-state index contributed by atoms with van der Waals surface area (Å²) in [5.74, 6) is 0.670. The van der Waals surface area contributed by atoms with Gasteiger partial charge in [-0.15, -0.1) is 6.58 Å². The molecule has 0 spiro atoms. The molecule has 1 aromatic carbocycles. The summed E-state index contributed by atoms with van der Waals surface area (Å²) >= 11 is 0. The van der Waals surface area contributed by atoms with E-state index in [2.05, 4.69) is 22.4 Å². The predicted octanol–water partition coefficient (Wildman–Crippen LogP) is 3.30. The molecule has 178 valence electrons. The number of nitrogens with one attached hydrogen (secondary N) is 2. The van der Waals surface area contributed by atoms with Crippen LogP contribution in [0.1, 0.15) is 37.9 Å². The first-order valence-corrected chi connectivity index (χ1v) is 10.9. The third kappa shape index (κ3) is 5.64. The van der Waals surface area contributed by atoms with E-state index in [1.165, 1.54) is 18.5 Å². The maximum Gasteiger partial charge on any atom is 0.257 e. The molecule has 0 fully saturated rings. The number of pyridine rings is 1. The molecule has 0 unspecified atom stereocenters. The zero-order valence-corrected chi connectivity index (χ0v) is 19.1. The Morgan fingerprint density at radius 1 is 1.06 bits per heavy atom. The Morgan fingerprint density at radius 2 is 1.77 bits per heavy atom. The van der Waals surface area contributed by atoms with Crippen molar-refractivity contribution in [2.24, 2.45) is 0 Å². The van der Waals surface area contributed by atoms with Crippen LogP contribution >= 0.6 is 0 Å². The van der Waals surface area contributed by atoms with E-state index in [0.29, 0.717) is 17.2 Å². The number of benzene rings is 1. The lowest BCUT2D eigenvalue weighted by atomic mass is 10.1. The van der Waals surface area contributed by atoms with E-state index in [0.717, 1.165) is 11.3 Å². The second kappa shape index (κ2) is 10.5. The molecule has 0 radical (unpaired) electrons. The summed E-state index contributed by atoms with van der Waals surface area (Å²) in [4.78, 5) is 38.5. The normalized spacial score (nSPS) is 10.7. The molecule has 2 amide bonds. The Morgan fingerprint density at radius 3 is 2.43 bits per heavy atom. The highest BCUT2D eigenvalue weighted by Gasteiger charge is 2.20. The topological polar surface area (TPSA) is 119 Å². The van der Waals surface area contributed by atoms with E-state index >= 15 is 0 Å². The number of nitrogens with zero attached hydrogens (tertiary/aromatic N) is 2. The van der Waals surface area contributed by atoms with Gasteiger partial charge >= 0.3 is 0 Å². The van der Waals surface area contributed by atoms with Crippen LogP contribution in [0.15, 0.2) is 87.3 Å². The fraction of sp³-hybridized carbons (Fsp3) is 0.154. The number of hydrogen-bond donors (Lipinski definition) is 2. The number of rotatable bonds is 9. The van der Waals surface area contributed by atoms with Gasteiger partial charge in [0.15, 0.2) is 5.76 Å². The summed E-state index contributed by atoms with van der Waals surface area (Å²) in [6.07, 6.45) is 4.30. The van der Waals surface area contributed by atoms with Crippen molar-refractivity contribution in [1.29, 1.82) is 0 Å². The first-order valence-electron chi connectivity index (χ1n) is 10.9. The first kappa shape index (κ1) is 23.5. The van der Waals surface area contributed by atoms with Crippen molar-refractivity contribution in [3.63, 3.8) is 0 Å². The quantitative estimate of drug-likeness (QED) is 0.361. The van der Waals surface area contributed by atoms with Gasteiger partial charge in [-0.3, -0.25) is 14.4 Å². The maximum absolute atomic E-state index is 13.0. The van der Waals surface area contributed by atoms with Crippen molar-refractivity contribution < 1.29 is 18.5 Å². The molecule has 0 aliphatic rings. The summed E-state index contributed by atoms with van der Waals surface area (Å²) in [5, 5.41) is 9.24. The summed E-state index contributed by atoms with van der Waals surface area (Å²) in [6, 6.07) is 14.7. The van der Waals surface area contributed by atoms with Gasteiger partial charge in [-0.05, 0) is 19.1 Å². The number of carbonyl (C=O) groups excluding carboxylic acids is 2. The molecule has 0 aliphatic heterocycles. The number of furan rings is 1. The van der Waals surface area contributed by atoms with Gasteiger partial charge in [0.2, 0.25) is 5.43 Å². The summed E-state index contributed by atoms with van der Waals surface area (Å²) in [6.45, 7) is 5.83. The van der Waals surface area contributed by atoms with Crippen LogP contribution in [0.3, 0.4) is 0 Å². The molecule has 9 heteroatoms. The van der Waals surface area contributed by atoms with Crippen LogP contribution in [0.25, 0.3) is 11.3 Å². The van der Waals surface area contributed by atoms with E-state index in [9.17, 15) is 14.4 Å². The Hall–Kier alpha value is -4.66. The van der Waals surface area contributed by atoms with Crippen molar-refractivity contribution in [2.45, 2.75) is 20.0 Å². The van der Waals surface area contributed by atoms with Crippen LogP contribution in [0.5, 0.6) is 0 Å². The zero-order chi connectivity index (χ0) is 24.8. The number of amides is 2. The highest BCUT2D eigenvalue weighted by Crippen LogP contribution is 2.19. The second-order valence-corrected chi connectivity index (χ2v) is 7.83. The van der Waals surface area contributed by atoms with E-state index < -0.39 is 17.2 Å². The smallest absolute Gasteiger partial charge is 0.257 e. The molecule has 3 heterocycles. The van der Waals surface area contributed by atoms with E-state index in [4.69, 9.17) is 8.94 Å². The summed E-state index contributed by atoms with van der Waals surface area (Å²) in [7, 11) is 0. The molecule has 0 atom stereocenters. The van der Waals surface area contributed by atoms with Gasteiger partial charge in [0.05, 0.1) is 13.1 Å². The molecule has 0 saturated heterocycles. The third-order valence-corrected chi connectivity index (χ3v) is 5.16. The van der Waals surface area contributed by atoms with Gasteiger partial charge in [0.1, 0.15) is 28.3 Å². The number of aryl methyl sites for hydroxylation is 1. The average Bonchev–Trinajstić information content (AvgIpc) is 3.51.